The zero-order valence-corrected chi connectivity index (χ0v) is 9.28. The van der Waals surface area contributed by atoms with Crippen LogP contribution in [-0.2, 0) is 0 Å². The molecule has 0 aliphatic rings. The fourth-order valence-corrected chi connectivity index (χ4v) is 0.982. The predicted molar refractivity (Wildman–Crippen MR) is 50.6 cm³/mol. The van der Waals surface area contributed by atoms with Crippen LogP contribution < -0.4 is 4.74 Å². The van der Waals surface area contributed by atoms with Crippen molar-refractivity contribution in [2.45, 2.75) is 11.0 Å². The van der Waals surface area contributed by atoms with Crippen LogP contribution in [0.15, 0.2) is 18.2 Å². The summed E-state index contributed by atoms with van der Waals surface area (Å²) < 4.78 is 66.1. The van der Waals surface area contributed by atoms with E-state index >= 15 is 0 Å². The highest BCUT2D eigenvalue weighted by Crippen LogP contribution is 2.27. The Morgan fingerprint density at radius 3 is 2.38 bits per heavy atom. The molecule has 7 heteroatoms. The fourth-order valence-electron chi connectivity index (χ4n) is 0.850. The molecule has 0 aromatic heterocycles. The maximum Gasteiger partial charge on any atom is 0.404 e. The first-order valence-electron chi connectivity index (χ1n) is 4.09. The summed E-state index contributed by atoms with van der Waals surface area (Å²) in [5.74, 6) is -2.28. The van der Waals surface area contributed by atoms with Crippen molar-refractivity contribution in [3.8, 4) is 5.75 Å². The van der Waals surface area contributed by atoms with Crippen molar-refractivity contribution in [1.82, 2.24) is 0 Å². The Balaban J connectivity index is 2.62. The minimum atomic E-state index is -4.48. The van der Waals surface area contributed by atoms with Crippen molar-refractivity contribution < 1.29 is 26.7 Å². The smallest absolute Gasteiger partial charge is 0.404 e. The summed E-state index contributed by atoms with van der Waals surface area (Å²) in [4.78, 5) is -1.90. The number of hydrogen-bond acceptors (Lipinski definition) is 1. The molecular formula is C9H6BrF5O. The number of ether oxygens (including phenoxy) is 1. The normalized spacial score (nSPS) is 13.6. The van der Waals surface area contributed by atoms with Gasteiger partial charge in [-0.3, -0.25) is 0 Å². The molecule has 1 nitrogen and oxygen atoms in total. The third-order valence-electron chi connectivity index (χ3n) is 1.63. The molecule has 1 unspecified atom stereocenters. The van der Waals surface area contributed by atoms with Crippen molar-refractivity contribution in [2.24, 2.45) is 0 Å². The van der Waals surface area contributed by atoms with E-state index in [1.807, 2.05) is 0 Å². The average molecular weight is 305 g/mol. The van der Waals surface area contributed by atoms with Gasteiger partial charge < -0.3 is 4.74 Å². The lowest BCUT2D eigenvalue weighted by atomic mass is 10.3. The minimum absolute atomic E-state index is 0.421. The molecule has 90 valence electrons. The highest BCUT2D eigenvalue weighted by Gasteiger charge is 2.38. The van der Waals surface area contributed by atoms with Gasteiger partial charge in [-0.1, -0.05) is 15.9 Å². The third-order valence-corrected chi connectivity index (χ3v) is 2.42. The first kappa shape index (κ1) is 13.2. The van der Waals surface area contributed by atoms with Crippen LogP contribution in [0.5, 0.6) is 5.75 Å². The van der Waals surface area contributed by atoms with Crippen LogP contribution in [0.2, 0.25) is 0 Å². The molecule has 0 aliphatic heterocycles. The van der Waals surface area contributed by atoms with E-state index in [9.17, 15) is 22.0 Å². The number of rotatable bonds is 3. The molecular weight excluding hydrogens is 299 g/mol. The van der Waals surface area contributed by atoms with Gasteiger partial charge in [0.2, 0.25) is 0 Å². The van der Waals surface area contributed by atoms with Gasteiger partial charge in [-0.15, -0.1) is 0 Å². The van der Waals surface area contributed by atoms with Gasteiger partial charge in [0.15, 0.2) is 11.6 Å². The Kier molecular flexibility index (Phi) is 4.12. The van der Waals surface area contributed by atoms with Gasteiger partial charge in [0.05, 0.1) is 0 Å². The standard InChI is InChI=1S/C9H6BrF5O/c10-8(9(13,14)15)4-16-7-2-1-5(11)3-6(7)12/h1-3,8H,4H2. The zero-order valence-electron chi connectivity index (χ0n) is 7.69. The molecule has 0 saturated carbocycles. The van der Waals surface area contributed by atoms with E-state index in [0.29, 0.717) is 6.07 Å². The van der Waals surface area contributed by atoms with Crippen molar-refractivity contribution in [1.29, 1.82) is 0 Å². The molecule has 0 spiro atoms. The second-order valence-electron chi connectivity index (χ2n) is 2.89. The zero-order chi connectivity index (χ0) is 12.3. The summed E-state index contributed by atoms with van der Waals surface area (Å²) in [7, 11) is 0. The molecule has 1 atom stereocenters. The van der Waals surface area contributed by atoms with E-state index in [4.69, 9.17) is 0 Å². The molecule has 0 fully saturated rings. The Hall–Kier alpha value is -0.850. The topological polar surface area (TPSA) is 9.23 Å². The van der Waals surface area contributed by atoms with Gasteiger partial charge in [0.1, 0.15) is 17.3 Å². The second kappa shape index (κ2) is 4.99. The number of benzene rings is 1. The minimum Gasteiger partial charge on any atom is -0.489 e. The summed E-state index contributed by atoms with van der Waals surface area (Å²) in [5, 5.41) is 0. The van der Waals surface area contributed by atoms with E-state index in [2.05, 4.69) is 20.7 Å². The summed E-state index contributed by atoms with van der Waals surface area (Å²) in [5.41, 5.74) is 0. The quantitative estimate of drug-likeness (QED) is 0.611. The van der Waals surface area contributed by atoms with Gasteiger partial charge in [0, 0.05) is 6.07 Å². The lowest BCUT2D eigenvalue weighted by molar-refractivity contribution is -0.132. The summed E-state index contributed by atoms with van der Waals surface area (Å²) >= 11 is 2.35. The van der Waals surface area contributed by atoms with Crippen molar-refractivity contribution in [3.63, 3.8) is 0 Å². The molecule has 0 aliphatic carbocycles. The molecule has 0 N–H and O–H groups in total. The largest absolute Gasteiger partial charge is 0.489 e. The van der Waals surface area contributed by atoms with E-state index in [-0.39, 0.29) is 0 Å². The second-order valence-corrected chi connectivity index (χ2v) is 4.00. The molecule has 1 aromatic carbocycles. The Bertz CT molecular complexity index is 365. The number of hydrogen-bond donors (Lipinski definition) is 0. The van der Waals surface area contributed by atoms with E-state index in [1.165, 1.54) is 0 Å². The fraction of sp³-hybridized carbons (Fsp3) is 0.333. The maximum absolute atomic E-state index is 12.9. The van der Waals surface area contributed by atoms with Crippen LogP contribution in [0.3, 0.4) is 0 Å². The lowest BCUT2D eigenvalue weighted by Gasteiger charge is -2.15. The van der Waals surface area contributed by atoms with E-state index in [1.54, 1.807) is 0 Å². The number of alkyl halides is 4. The third kappa shape index (κ3) is 3.62. The maximum atomic E-state index is 12.9. The molecule has 0 saturated heterocycles. The van der Waals surface area contributed by atoms with Crippen molar-refractivity contribution in [2.75, 3.05) is 6.61 Å². The predicted octanol–water partition coefficient (Wildman–Crippen LogP) is 3.67. The van der Waals surface area contributed by atoms with Crippen molar-refractivity contribution >= 4 is 15.9 Å². The van der Waals surface area contributed by atoms with E-state index < -0.39 is 35.0 Å². The summed E-state index contributed by atoms with van der Waals surface area (Å²) in [6, 6.07) is 2.36. The highest BCUT2D eigenvalue weighted by atomic mass is 79.9. The monoisotopic (exact) mass is 304 g/mol. The summed E-state index contributed by atoms with van der Waals surface area (Å²) in [6.07, 6.45) is -4.48. The Morgan fingerprint density at radius 1 is 1.25 bits per heavy atom. The molecule has 0 radical (unpaired) electrons. The lowest BCUT2D eigenvalue weighted by Crippen LogP contribution is -2.29. The van der Waals surface area contributed by atoms with Gasteiger partial charge in [0.25, 0.3) is 0 Å². The Morgan fingerprint density at radius 2 is 1.88 bits per heavy atom. The Labute approximate surface area is 96.3 Å². The van der Waals surface area contributed by atoms with Crippen LogP contribution in [0.25, 0.3) is 0 Å². The van der Waals surface area contributed by atoms with Gasteiger partial charge in [-0.2, -0.15) is 13.2 Å². The molecule has 1 aromatic rings. The van der Waals surface area contributed by atoms with Crippen molar-refractivity contribution in [3.05, 3.63) is 29.8 Å². The van der Waals surface area contributed by atoms with Gasteiger partial charge in [-0.05, 0) is 12.1 Å². The number of halogens is 6. The first-order chi connectivity index (χ1) is 7.30. The van der Waals surface area contributed by atoms with Gasteiger partial charge >= 0.3 is 6.18 Å². The molecule has 0 amide bonds. The average Bonchev–Trinajstić information content (AvgIpc) is 2.14. The van der Waals surface area contributed by atoms with Crippen LogP contribution in [0.1, 0.15) is 0 Å². The van der Waals surface area contributed by atoms with Crippen LogP contribution in [0, 0.1) is 11.6 Å². The molecule has 0 bridgehead atoms. The molecule has 1 rings (SSSR count). The molecule has 16 heavy (non-hydrogen) atoms. The van der Waals surface area contributed by atoms with Crippen LogP contribution in [-0.4, -0.2) is 17.6 Å². The van der Waals surface area contributed by atoms with Crippen LogP contribution >= 0.6 is 15.9 Å². The highest BCUT2D eigenvalue weighted by molar-refractivity contribution is 9.09. The summed E-state index contributed by atoms with van der Waals surface area (Å²) in [6.45, 7) is -0.786. The SMILES string of the molecule is Fc1ccc(OCC(Br)C(F)(F)F)c(F)c1. The molecule has 0 heterocycles. The van der Waals surface area contributed by atoms with Gasteiger partial charge in [-0.25, -0.2) is 8.78 Å². The van der Waals surface area contributed by atoms with Crippen LogP contribution in [0.4, 0.5) is 22.0 Å². The van der Waals surface area contributed by atoms with E-state index in [0.717, 1.165) is 12.1 Å². The first-order valence-corrected chi connectivity index (χ1v) is 5.01.